The zero-order chi connectivity index (χ0) is 22.5. The Morgan fingerprint density at radius 3 is 2.44 bits per heavy atom. The maximum absolute atomic E-state index is 12.8. The molecule has 0 saturated carbocycles. The summed E-state index contributed by atoms with van der Waals surface area (Å²) in [5.74, 6) is -0.0107. The molecule has 0 bridgehead atoms. The molecule has 3 aromatic rings. The number of aromatic nitrogens is 1. The summed E-state index contributed by atoms with van der Waals surface area (Å²) in [4.78, 5) is 32.9. The standard InChI is InChI=1S/C25H25ClN4O2/c1-29(23-11-14-30(15-12-23)24(31)20-5-3-13-27-17-20)25(32)28-22-9-7-18(8-10-22)19-4-2-6-21(26)16-19/h2-10,13,16-17,23H,11-12,14-15H2,1H3,(H,28,32). The van der Waals surface area contributed by atoms with Crippen LogP contribution >= 0.6 is 11.6 Å². The van der Waals surface area contributed by atoms with E-state index in [2.05, 4.69) is 10.3 Å². The molecule has 1 fully saturated rings. The molecule has 2 aromatic carbocycles. The Balaban J connectivity index is 1.31. The molecule has 1 aliphatic rings. The molecule has 1 aliphatic heterocycles. The number of nitrogens with one attached hydrogen (secondary N) is 1. The number of hydrogen-bond donors (Lipinski definition) is 1. The molecular formula is C25H25ClN4O2. The second-order valence-electron chi connectivity index (χ2n) is 7.89. The van der Waals surface area contributed by atoms with E-state index < -0.39 is 0 Å². The minimum absolute atomic E-state index is 0.0107. The summed E-state index contributed by atoms with van der Waals surface area (Å²) in [6.45, 7) is 1.23. The lowest BCUT2D eigenvalue weighted by atomic mass is 10.0. The van der Waals surface area contributed by atoms with Crippen molar-refractivity contribution in [1.82, 2.24) is 14.8 Å². The molecule has 1 saturated heterocycles. The average Bonchev–Trinajstić information content (AvgIpc) is 2.84. The summed E-state index contributed by atoms with van der Waals surface area (Å²) in [5.41, 5.74) is 3.39. The van der Waals surface area contributed by atoms with Crippen molar-refractivity contribution in [2.45, 2.75) is 18.9 Å². The molecular weight excluding hydrogens is 424 g/mol. The third kappa shape index (κ3) is 5.08. The third-order valence-corrected chi connectivity index (χ3v) is 6.06. The summed E-state index contributed by atoms with van der Waals surface area (Å²) in [6.07, 6.45) is 4.72. The van der Waals surface area contributed by atoms with Crippen molar-refractivity contribution in [1.29, 1.82) is 0 Å². The highest BCUT2D eigenvalue weighted by atomic mass is 35.5. The molecule has 32 heavy (non-hydrogen) atoms. The molecule has 3 amide bonds. The molecule has 0 unspecified atom stereocenters. The van der Waals surface area contributed by atoms with Gasteiger partial charge in [-0.3, -0.25) is 9.78 Å². The van der Waals surface area contributed by atoms with Gasteiger partial charge in [0.15, 0.2) is 0 Å². The minimum Gasteiger partial charge on any atom is -0.338 e. The first-order chi connectivity index (χ1) is 15.5. The van der Waals surface area contributed by atoms with Gasteiger partial charge in [-0.25, -0.2) is 4.79 Å². The average molecular weight is 449 g/mol. The van der Waals surface area contributed by atoms with E-state index >= 15 is 0 Å². The van der Waals surface area contributed by atoms with Crippen LogP contribution in [0.5, 0.6) is 0 Å². The molecule has 0 radical (unpaired) electrons. The Labute approximate surface area is 192 Å². The lowest BCUT2D eigenvalue weighted by molar-refractivity contribution is 0.0671. The number of nitrogens with zero attached hydrogens (tertiary/aromatic N) is 3. The van der Waals surface area contributed by atoms with Crippen LogP contribution in [-0.4, -0.2) is 52.9 Å². The highest BCUT2D eigenvalue weighted by Crippen LogP contribution is 2.24. The van der Waals surface area contributed by atoms with Crippen LogP contribution in [0, 0.1) is 0 Å². The van der Waals surface area contributed by atoms with E-state index in [0.29, 0.717) is 23.7 Å². The van der Waals surface area contributed by atoms with E-state index in [1.165, 1.54) is 0 Å². The predicted octanol–water partition coefficient (Wildman–Crippen LogP) is 5.17. The second kappa shape index (κ2) is 9.83. The van der Waals surface area contributed by atoms with Gasteiger partial charge in [0.1, 0.15) is 0 Å². The van der Waals surface area contributed by atoms with Crippen LogP contribution in [0.25, 0.3) is 11.1 Å². The first-order valence-corrected chi connectivity index (χ1v) is 11.0. The zero-order valence-corrected chi connectivity index (χ0v) is 18.6. The van der Waals surface area contributed by atoms with E-state index in [4.69, 9.17) is 11.6 Å². The van der Waals surface area contributed by atoms with E-state index in [-0.39, 0.29) is 18.0 Å². The highest BCUT2D eigenvalue weighted by Gasteiger charge is 2.28. The molecule has 2 heterocycles. The van der Waals surface area contributed by atoms with Crippen molar-refractivity contribution >= 4 is 29.2 Å². The SMILES string of the molecule is CN(C(=O)Nc1ccc(-c2cccc(Cl)c2)cc1)C1CCN(C(=O)c2cccnc2)CC1. The van der Waals surface area contributed by atoms with Crippen molar-refractivity contribution in [3.8, 4) is 11.1 Å². The lowest BCUT2D eigenvalue weighted by Gasteiger charge is -2.36. The van der Waals surface area contributed by atoms with Crippen molar-refractivity contribution in [2.24, 2.45) is 0 Å². The first-order valence-electron chi connectivity index (χ1n) is 10.6. The number of urea groups is 1. The zero-order valence-electron chi connectivity index (χ0n) is 17.9. The monoisotopic (exact) mass is 448 g/mol. The van der Waals surface area contributed by atoms with Gasteiger partial charge in [0.2, 0.25) is 0 Å². The van der Waals surface area contributed by atoms with Crippen LogP contribution < -0.4 is 5.32 Å². The number of hydrogen-bond acceptors (Lipinski definition) is 3. The van der Waals surface area contributed by atoms with Crippen LogP contribution in [0.1, 0.15) is 23.2 Å². The van der Waals surface area contributed by atoms with Crippen LogP contribution in [0.4, 0.5) is 10.5 Å². The van der Waals surface area contributed by atoms with Gasteiger partial charge in [0.05, 0.1) is 5.56 Å². The minimum atomic E-state index is -0.155. The number of likely N-dealkylation sites (tertiary alicyclic amines) is 1. The van der Waals surface area contributed by atoms with Crippen LogP contribution in [0.2, 0.25) is 5.02 Å². The number of amides is 3. The third-order valence-electron chi connectivity index (χ3n) is 5.82. The fourth-order valence-electron chi connectivity index (χ4n) is 3.92. The molecule has 6 nitrogen and oxygen atoms in total. The fraction of sp³-hybridized carbons (Fsp3) is 0.240. The van der Waals surface area contributed by atoms with Gasteiger partial charge in [-0.05, 0) is 60.4 Å². The number of benzene rings is 2. The van der Waals surface area contributed by atoms with Crippen molar-refractivity contribution in [3.63, 3.8) is 0 Å². The summed E-state index contributed by atoms with van der Waals surface area (Å²) in [5, 5.41) is 3.65. The van der Waals surface area contributed by atoms with Crippen LogP contribution in [-0.2, 0) is 0 Å². The topological polar surface area (TPSA) is 65.5 Å². The number of pyridine rings is 1. The lowest BCUT2D eigenvalue weighted by Crippen LogP contribution is -2.48. The van der Waals surface area contributed by atoms with Gasteiger partial charge < -0.3 is 15.1 Å². The molecule has 4 rings (SSSR count). The van der Waals surface area contributed by atoms with Crippen LogP contribution in [0.15, 0.2) is 73.1 Å². The summed E-state index contributed by atoms with van der Waals surface area (Å²) >= 11 is 6.07. The number of carbonyl (C=O) groups excluding carboxylic acids is 2. The van der Waals surface area contributed by atoms with Gasteiger partial charge >= 0.3 is 6.03 Å². The van der Waals surface area contributed by atoms with E-state index in [0.717, 1.165) is 29.7 Å². The largest absolute Gasteiger partial charge is 0.338 e. The molecule has 164 valence electrons. The predicted molar refractivity (Wildman–Crippen MR) is 127 cm³/mol. The Hall–Kier alpha value is -3.38. The smallest absolute Gasteiger partial charge is 0.321 e. The summed E-state index contributed by atoms with van der Waals surface area (Å²) in [6, 6.07) is 18.8. The Morgan fingerprint density at radius 1 is 1.03 bits per heavy atom. The normalized spacial score (nSPS) is 14.1. The highest BCUT2D eigenvalue weighted by molar-refractivity contribution is 6.30. The summed E-state index contributed by atoms with van der Waals surface area (Å²) in [7, 11) is 1.80. The Kier molecular flexibility index (Phi) is 6.71. The van der Waals surface area contributed by atoms with Gasteiger partial charge in [-0.2, -0.15) is 0 Å². The number of halogens is 1. The van der Waals surface area contributed by atoms with Crippen LogP contribution in [0.3, 0.4) is 0 Å². The molecule has 7 heteroatoms. The van der Waals surface area contributed by atoms with E-state index in [1.54, 1.807) is 36.5 Å². The van der Waals surface area contributed by atoms with Gasteiger partial charge in [-0.15, -0.1) is 0 Å². The summed E-state index contributed by atoms with van der Waals surface area (Å²) < 4.78 is 0. The number of anilines is 1. The van der Waals surface area contributed by atoms with Gasteiger partial charge in [0.25, 0.3) is 5.91 Å². The fourth-order valence-corrected chi connectivity index (χ4v) is 4.11. The van der Waals surface area contributed by atoms with Gasteiger partial charge in [-0.1, -0.05) is 35.9 Å². The first kappa shape index (κ1) is 21.8. The second-order valence-corrected chi connectivity index (χ2v) is 8.33. The van der Waals surface area contributed by atoms with Gasteiger partial charge in [0, 0.05) is 49.3 Å². The Bertz CT molecular complexity index is 1080. The maximum Gasteiger partial charge on any atom is 0.321 e. The maximum atomic E-state index is 12.8. The molecule has 0 aliphatic carbocycles. The number of piperidine rings is 1. The molecule has 1 aromatic heterocycles. The van der Waals surface area contributed by atoms with E-state index in [9.17, 15) is 9.59 Å². The molecule has 0 spiro atoms. The molecule has 1 N–H and O–H groups in total. The number of carbonyl (C=O) groups is 2. The Morgan fingerprint density at radius 2 is 1.78 bits per heavy atom. The quantitative estimate of drug-likeness (QED) is 0.598. The van der Waals surface area contributed by atoms with Crippen molar-refractivity contribution in [2.75, 3.05) is 25.5 Å². The van der Waals surface area contributed by atoms with E-state index in [1.807, 2.05) is 53.4 Å². The van der Waals surface area contributed by atoms with Crippen molar-refractivity contribution < 1.29 is 9.59 Å². The molecule has 0 atom stereocenters. The van der Waals surface area contributed by atoms with Crippen molar-refractivity contribution in [3.05, 3.63) is 83.6 Å². The number of rotatable bonds is 4.